The number of carbonyl (C=O) groups excluding carboxylic acids is 1. The molecule has 0 radical (unpaired) electrons. The molecule has 1 unspecified atom stereocenters. The van der Waals surface area contributed by atoms with E-state index in [9.17, 15) is 14.7 Å². The van der Waals surface area contributed by atoms with Gasteiger partial charge in [-0.05, 0) is 25.8 Å². The first-order chi connectivity index (χ1) is 8.64. The van der Waals surface area contributed by atoms with Crippen molar-refractivity contribution in [3.8, 4) is 0 Å². The molecule has 3 N–H and O–H groups in total. The summed E-state index contributed by atoms with van der Waals surface area (Å²) in [4.78, 5) is 23.7. The van der Waals surface area contributed by atoms with Gasteiger partial charge in [-0.2, -0.15) is 0 Å². The summed E-state index contributed by atoms with van der Waals surface area (Å²) in [5, 5.41) is 15.4. The van der Waals surface area contributed by atoms with E-state index in [0.717, 1.165) is 38.6 Å². The zero-order chi connectivity index (χ0) is 13.0. The first-order valence-electron chi connectivity index (χ1n) is 6.90. The molecule has 2 rings (SSSR count). The van der Waals surface area contributed by atoms with Gasteiger partial charge in [-0.15, -0.1) is 0 Å². The van der Waals surface area contributed by atoms with E-state index in [0.29, 0.717) is 19.4 Å². The molecule has 5 heteroatoms. The van der Waals surface area contributed by atoms with Crippen LogP contribution in [-0.4, -0.2) is 35.6 Å². The van der Waals surface area contributed by atoms with Crippen LogP contribution in [0.4, 0.5) is 0 Å². The lowest BCUT2D eigenvalue weighted by Gasteiger charge is -2.30. The molecule has 5 nitrogen and oxygen atoms in total. The Balaban J connectivity index is 2.04. The predicted octanol–water partition coefficient (Wildman–Crippen LogP) is 0.890. The van der Waals surface area contributed by atoms with Gasteiger partial charge in [0, 0.05) is 6.54 Å². The SMILES string of the molecule is O=C(NC1(C(=O)O)CCCCCC1)C1CCNC1. The molecule has 1 aliphatic heterocycles. The number of hydrogen-bond acceptors (Lipinski definition) is 3. The lowest BCUT2D eigenvalue weighted by Crippen LogP contribution is -2.55. The minimum Gasteiger partial charge on any atom is -0.480 e. The second kappa shape index (κ2) is 5.69. The number of carboxylic acids is 1. The van der Waals surface area contributed by atoms with E-state index in [1.807, 2.05) is 0 Å². The van der Waals surface area contributed by atoms with Crippen molar-refractivity contribution in [2.45, 2.75) is 50.5 Å². The molecular formula is C13H22N2O3. The summed E-state index contributed by atoms with van der Waals surface area (Å²) in [5.41, 5.74) is -1.02. The molecule has 1 amide bonds. The molecule has 0 aromatic rings. The van der Waals surface area contributed by atoms with E-state index in [4.69, 9.17) is 0 Å². The van der Waals surface area contributed by atoms with Crippen molar-refractivity contribution in [1.82, 2.24) is 10.6 Å². The first kappa shape index (κ1) is 13.3. The zero-order valence-corrected chi connectivity index (χ0v) is 10.7. The van der Waals surface area contributed by atoms with E-state index in [1.54, 1.807) is 0 Å². The summed E-state index contributed by atoms with van der Waals surface area (Å²) in [5.74, 6) is -1.03. The normalized spacial score (nSPS) is 27.4. The fraction of sp³-hybridized carbons (Fsp3) is 0.846. The molecule has 2 fully saturated rings. The summed E-state index contributed by atoms with van der Waals surface area (Å²) in [6, 6.07) is 0. The Hall–Kier alpha value is -1.10. The molecule has 1 saturated heterocycles. The highest BCUT2D eigenvalue weighted by Gasteiger charge is 2.41. The van der Waals surface area contributed by atoms with Gasteiger partial charge in [-0.1, -0.05) is 25.7 Å². The number of hydrogen-bond donors (Lipinski definition) is 3. The minimum atomic E-state index is -1.02. The number of carbonyl (C=O) groups is 2. The van der Waals surface area contributed by atoms with Crippen LogP contribution in [0.15, 0.2) is 0 Å². The second-order valence-corrected chi connectivity index (χ2v) is 5.48. The second-order valence-electron chi connectivity index (χ2n) is 5.48. The van der Waals surface area contributed by atoms with Crippen LogP contribution in [-0.2, 0) is 9.59 Å². The standard InChI is InChI=1S/C13H22N2O3/c16-11(10-5-8-14-9-10)15-13(12(17)18)6-3-1-2-4-7-13/h10,14H,1-9H2,(H,15,16)(H,17,18). The average molecular weight is 254 g/mol. The molecule has 18 heavy (non-hydrogen) atoms. The highest BCUT2D eigenvalue weighted by atomic mass is 16.4. The van der Waals surface area contributed by atoms with Crippen LogP contribution in [0.25, 0.3) is 0 Å². The lowest BCUT2D eigenvalue weighted by atomic mass is 9.89. The fourth-order valence-corrected chi connectivity index (χ4v) is 2.94. The molecule has 0 bridgehead atoms. The largest absolute Gasteiger partial charge is 0.480 e. The first-order valence-corrected chi connectivity index (χ1v) is 6.90. The van der Waals surface area contributed by atoms with E-state index < -0.39 is 11.5 Å². The monoisotopic (exact) mass is 254 g/mol. The third kappa shape index (κ3) is 2.83. The molecular weight excluding hydrogens is 232 g/mol. The van der Waals surface area contributed by atoms with Crippen molar-refractivity contribution < 1.29 is 14.7 Å². The Morgan fingerprint density at radius 3 is 2.33 bits per heavy atom. The van der Waals surface area contributed by atoms with Crippen LogP contribution < -0.4 is 10.6 Å². The number of amides is 1. The van der Waals surface area contributed by atoms with Crippen molar-refractivity contribution in [2.24, 2.45) is 5.92 Å². The number of nitrogens with one attached hydrogen (secondary N) is 2. The van der Waals surface area contributed by atoms with Crippen molar-refractivity contribution in [3.63, 3.8) is 0 Å². The molecule has 0 spiro atoms. The van der Waals surface area contributed by atoms with E-state index >= 15 is 0 Å². The molecule has 1 atom stereocenters. The zero-order valence-electron chi connectivity index (χ0n) is 10.7. The molecule has 1 aliphatic carbocycles. The van der Waals surface area contributed by atoms with Gasteiger partial charge in [0.2, 0.25) is 5.91 Å². The van der Waals surface area contributed by atoms with Crippen molar-refractivity contribution >= 4 is 11.9 Å². The van der Waals surface area contributed by atoms with Crippen LogP contribution in [0.3, 0.4) is 0 Å². The highest BCUT2D eigenvalue weighted by Crippen LogP contribution is 2.28. The van der Waals surface area contributed by atoms with Crippen LogP contribution in [0.1, 0.15) is 44.9 Å². The quantitative estimate of drug-likeness (QED) is 0.654. The van der Waals surface area contributed by atoms with Crippen molar-refractivity contribution in [1.29, 1.82) is 0 Å². The van der Waals surface area contributed by atoms with Gasteiger partial charge in [-0.25, -0.2) is 4.79 Å². The highest BCUT2D eigenvalue weighted by molar-refractivity contribution is 5.88. The molecule has 102 valence electrons. The van der Waals surface area contributed by atoms with Gasteiger partial charge >= 0.3 is 5.97 Å². The summed E-state index contributed by atoms with van der Waals surface area (Å²) < 4.78 is 0. The summed E-state index contributed by atoms with van der Waals surface area (Å²) in [6.45, 7) is 1.51. The van der Waals surface area contributed by atoms with Gasteiger partial charge < -0.3 is 15.7 Å². The van der Waals surface area contributed by atoms with Gasteiger partial charge in [-0.3, -0.25) is 4.79 Å². The van der Waals surface area contributed by atoms with Crippen molar-refractivity contribution in [2.75, 3.05) is 13.1 Å². The lowest BCUT2D eigenvalue weighted by molar-refractivity contribution is -0.149. The Labute approximate surface area is 107 Å². The van der Waals surface area contributed by atoms with Crippen LogP contribution in [0, 0.1) is 5.92 Å². The Morgan fingerprint density at radius 1 is 1.17 bits per heavy atom. The van der Waals surface area contributed by atoms with Gasteiger partial charge in [0.05, 0.1) is 5.92 Å². The minimum absolute atomic E-state index is 0.0653. The predicted molar refractivity (Wildman–Crippen MR) is 67.2 cm³/mol. The molecule has 0 aromatic heterocycles. The van der Waals surface area contributed by atoms with Crippen LogP contribution in [0.2, 0.25) is 0 Å². The van der Waals surface area contributed by atoms with E-state index in [2.05, 4.69) is 10.6 Å². The van der Waals surface area contributed by atoms with Crippen molar-refractivity contribution in [3.05, 3.63) is 0 Å². The van der Waals surface area contributed by atoms with Gasteiger partial charge in [0.1, 0.15) is 5.54 Å². The summed E-state index contributed by atoms with van der Waals surface area (Å²) >= 11 is 0. The average Bonchev–Trinajstić information content (AvgIpc) is 2.77. The molecule has 1 saturated carbocycles. The maximum atomic E-state index is 12.1. The molecule has 2 aliphatic rings. The Morgan fingerprint density at radius 2 is 1.83 bits per heavy atom. The third-order valence-corrected chi connectivity index (χ3v) is 4.16. The fourth-order valence-electron chi connectivity index (χ4n) is 2.94. The van der Waals surface area contributed by atoms with Gasteiger partial charge in [0.25, 0.3) is 0 Å². The third-order valence-electron chi connectivity index (χ3n) is 4.16. The number of rotatable bonds is 3. The van der Waals surface area contributed by atoms with E-state index in [-0.39, 0.29) is 11.8 Å². The maximum Gasteiger partial charge on any atom is 0.329 e. The Bertz CT molecular complexity index is 316. The maximum absolute atomic E-state index is 12.1. The van der Waals surface area contributed by atoms with Gasteiger partial charge in [0.15, 0.2) is 0 Å². The van der Waals surface area contributed by atoms with Crippen LogP contribution in [0.5, 0.6) is 0 Å². The number of carboxylic acid groups (broad SMARTS) is 1. The Kier molecular flexibility index (Phi) is 4.22. The topological polar surface area (TPSA) is 78.4 Å². The molecule has 0 aromatic carbocycles. The summed E-state index contributed by atoms with van der Waals surface area (Å²) in [6.07, 6.45) is 5.83. The van der Waals surface area contributed by atoms with E-state index in [1.165, 1.54) is 0 Å². The summed E-state index contributed by atoms with van der Waals surface area (Å²) in [7, 11) is 0. The molecule has 1 heterocycles. The van der Waals surface area contributed by atoms with Crippen LogP contribution >= 0.6 is 0 Å². The number of aliphatic carboxylic acids is 1. The smallest absolute Gasteiger partial charge is 0.329 e.